The number of benzene rings is 1. The number of carbonyl (C=O) groups is 1. The van der Waals surface area contributed by atoms with Gasteiger partial charge >= 0.3 is 0 Å². The Bertz CT molecular complexity index is 696. The van der Waals surface area contributed by atoms with Crippen LogP contribution in [-0.2, 0) is 4.79 Å². The molecule has 1 amide bonds. The summed E-state index contributed by atoms with van der Waals surface area (Å²) in [4.78, 5) is 12.6. The standard InChI is InChI=1S/C17H15F4NO2/c1-2-3-7-24-11-8-12(18)17(13(19)9-11)14-5-4-6-16(23)22(14)10-15(20)21/h5,8-9,15H,4,6-7,10H2,1H3. The van der Waals surface area contributed by atoms with Crippen LogP contribution in [0.1, 0.15) is 25.3 Å². The topological polar surface area (TPSA) is 29.5 Å². The van der Waals surface area contributed by atoms with E-state index in [2.05, 4.69) is 11.8 Å². The normalized spacial score (nSPS) is 14.3. The van der Waals surface area contributed by atoms with E-state index in [-0.39, 0.29) is 30.9 Å². The predicted molar refractivity (Wildman–Crippen MR) is 80.2 cm³/mol. The van der Waals surface area contributed by atoms with Gasteiger partial charge in [0, 0.05) is 18.6 Å². The van der Waals surface area contributed by atoms with Gasteiger partial charge in [-0.25, -0.2) is 17.6 Å². The number of hydrogen-bond acceptors (Lipinski definition) is 2. The molecule has 1 aliphatic heterocycles. The Balaban J connectivity index is 2.37. The number of hydrogen-bond donors (Lipinski definition) is 0. The highest BCUT2D eigenvalue weighted by Gasteiger charge is 2.29. The van der Waals surface area contributed by atoms with Crippen LogP contribution in [0.5, 0.6) is 5.75 Å². The van der Waals surface area contributed by atoms with Crippen molar-refractivity contribution in [1.82, 2.24) is 4.90 Å². The van der Waals surface area contributed by atoms with Gasteiger partial charge in [0.25, 0.3) is 6.43 Å². The fraction of sp³-hybridized carbons (Fsp3) is 0.353. The first-order chi connectivity index (χ1) is 11.4. The molecule has 1 aliphatic rings. The van der Waals surface area contributed by atoms with Crippen molar-refractivity contribution >= 4 is 11.6 Å². The number of nitrogens with zero attached hydrogens (tertiary/aromatic N) is 1. The molecule has 128 valence electrons. The average molecular weight is 341 g/mol. The van der Waals surface area contributed by atoms with Crippen LogP contribution in [0, 0.1) is 23.5 Å². The van der Waals surface area contributed by atoms with Crippen LogP contribution in [0.15, 0.2) is 18.2 Å². The minimum absolute atomic E-state index is 0.0241. The molecular weight excluding hydrogens is 326 g/mol. The Hall–Kier alpha value is -2.49. The van der Waals surface area contributed by atoms with Crippen molar-refractivity contribution in [2.75, 3.05) is 13.2 Å². The minimum Gasteiger partial charge on any atom is -0.481 e. The van der Waals surface area contributed by atoms with E-state index >= 15 is 0 Å². The zero-order valence-electron chi connectivity index (χ0n) is 12.9. The van der Waals surface area contributed by atoms with Crippen LogP contribution in [0.3, 0.4) is 0 Å². The van der Waals surface area contributed by atoms with Gasteiger partial charge in [0.2, 0.25) is 5.91 Å². The van der Waals surface area contributed by atoms with E-state index in [1.807, 2.05) is 0 Å². The first-order valence-corrected chi connectivity index (χ1v) is 7.24. The van der Waals surface area contributed by atoms with Crippen molar-refractivity contribution in [3.8, 4) is 17.6 Å². The van der Waals surface area contributed by atoms with E-state index in [1.165, 1.54) is 6.08 Å². The van der Waals surface area contributed by atoms with Gasteiger partial charge in [-0.05, 0) is 13.3 Å². The van der Waals surface area contributed by atoms with Gasteiger partial charge in [0.05, 0.1) is 17.8 Å². The van der Waals surface area contributed by atoms with E-state index < -0.39 is 36.1 Å². The molecule has 24 heavy (non-hydrogen) atoms. The molecule has 1 aromatic carbocycles. The second kappa shape index (κ2) is 7.86. The Labute approximate surface area is 136 Å². The number of amides is 1. The second-order valence-electron chi connectivity index (χ2n) is 5.00. The molecule has 1 heterocycles. The predicted octanol–water partition coefficient (Wildman–Crippen LogP) is 3.60. The summed E-state index contributed by atoms with van der Waals surface area (Å²) in [6.07, 6.45) is -1.17. The summed E-state index contributed by atoms with van der Waals surface area (Å²) in [5.74, 6) is 2.51. The Morgan fingerprint density at radius 2 is 1.96 bits per heavy atom. The van der Waals surface area contributed by atoms with Gasteiger partial charge in [-0.1, -0.05) is 12.0 Å². The Morgan fingerprint density at radius 3 is 2.54 bits per heavy atom. The molecule has 0 N–H and O–H groups in total. The van der Waals surface area contributed by atoms with Crippen LogP contribution in [0.25, 0.3) is 5.70 Å². The third kappa shape index (κ3) is 4.07. The molecule has 0 saturated carbocycles. The van der Waals surface area contributed by atoms with Gasteiger partial charge in [-0.3, -0.25) is 4.79 Å². The van der Waals surface area contributed by atoms with Crippen LogP contribution >= 0.6 is 0 Å². The summed E-state index contributed by atoms with van der Waals surface area (Å²) in [5, 5.41) is 0. The molecule has 1 aromatic rings. The molecule has 2 rings (SSSR count). The maximum Gasteiger partial charge on any atom is 0.256 e. The molecule has 0 aliphatic carbocycles. The van der Waals surface area contributed by atoms with Gasteiger partial charge in [-0.2, -0.15) is 0 Å². The van der Waals surface area contributed by atoms with Crippen LogP contribution in [0.2, 0.25) is 0 Å². The highest BCUT2D eigenvalue weighted by atomic mass is 19.3. The van der Waals surface area contributed by atoms with Crippen molar-refractivity contribution < 1.29 is 27.1 Å². The molecular formula is C17H15F4NO2. The van der Waals surface area contributed by atoms with Gasteiger partial charge in [-0.15, -0.1) is 5.92 Å². The minimum atomic E-state index is -2.81. The second-order valence-corrected chi connectivity index (χ2v) is 5.00. The van der Waals surface area contributed by atoms with Crippen LogP contribution < -0.4 is 4.74 Å². The molecule has 3 nitrogen and oxygen atoms in total. The summed E-state index contributed by atoms with van der Waals surface area (Å²) in [6.45, 7) is 0.652. The van der Waals surface area contributed by atoms with Crippen molar-refractivity contribution in [2.45, 2.75) is 26.2 Å². The van der Waals surface area contributed by atoms with Gasteiger partial charge < -0.3 is 9.64 Å². The first kappa shape index (κ1) is 17.9. The third-order valence-electron chi connectivity index (χ3n) is 3.37. The quantitative estimate of drug-likeness (QED) is 0.605. The highest BCUT2D eigenvalue weighted by Crippen LogP contribution is 2.32. The number of alkyl halides is 2. The molecule has 0 fully saturated rings. The zero-order valence-corrected chi connectivity index (χ0v) is 12.9. The van der Waals surface area contributed by atoms with Gasteiger partial charge in [0.15, 0.2) is 0 Å². The average Bonchev–Trinajstić information content (AvgIpc) is 2.50. The lowest BCUT2D eigenvalue weighted by molar-refractivity contribution is -0.129. The SMILES string of the molecule is CC#CCOc1cc(F)c(C2=CCCC(=O)N2CC(F)F)c(F)c1. The summed E-state index contributed by atoms with van der Waals surface area (Å²) in [7, 11) is 0. The Kier molecular flexibility index (Phi) is 5.85. The maximum absolute atomic E-state index is 14.3. The van der Waals surface area contributed by atoms with E-state index in [1.54, 1.807) is 6.92 Å². The van der Waals surface area contributed by atoms with Crippen molar-refractivity contribution in [3.63, 3.8) is 0 Å². The lowest BCUT2D eigenvalue weighted by atomic mass is 10.0. The molecule has 0 spiro atoms. The van der Waals surface area contributed by atoms with E-state index in [0.29, 0.717) is 0 Å². The smallest absolute Gasteiger partial charge is 0.256 e. The van der Waals surface area contributed by atoms with E-state index in [0.717, 1.165) is 17.0 Å². The number of ether oxygens (including phenoxy) is 1. The molecule has 0 radical (unpaired) electrons. The summed E-state index contributed by atoms with van der Waals surface area (Å²) >= 11 is 0. The monoisotopic (exact) mass is 341 g/mol. The molecule has 0 bridgehead atoms. The third-order valence-corrected chi connectivity index (χ3v) is 3.37. The lowest BCUT2D eigenvalue weighted by Crippen LogP contribution is -2.36. The summed E-state index contributed by atoms with van der Waals surface area (Å²) < 4.78 is 59.1. The van der Waals surface area contributed by atoms with Crippen LogP contribution in [0.4, 0.5) is 17.6 Å². The molecule has 0 saturated heterocycles. The summed E-state index contributed by atoms with van der Waals surface area (Å²) in [5.41, 5.74) is -0.695. The first-order valence-electron chi connectivity index (χ1n) is 7.24. The van der Waals surface area contributed by atoms with Gasteiger partial charge in [0.1, 0.15) is 24.0 Å². The lowest BCUT2D eigenvalue weighted by Gasteiger charge is -2.29. The summed E-state index contributed by atoms with van der Waals surface area (Å²) in [6, 6.07) is 1.88. The molecule has 7 heteroatoms. The molecule has 0 aromatic heterocycles. The number of carbonyl (C=O) groups excluding carboxylic acids is 1. The van der Waals surface area contributed by atoms with E-state index in [4.69, 9.17) is 4.74 Å². The number of allylic oxidation sites excluding steroid dienone is 1. The largest absolute Gasteiger partial charge is 0.481 e. The van der Waals surface area contributed by atoms with Crippen molar-refractivity contribution in [2.24, 2.45) is 0 Å². The van der Waals surface area contributed by atoms with Crippen molar-refractivity contribution in [1.29, 1.82) is 0 Å². The fourth-order valence-corrected chi connectivity index (χ4v) is 2.36. The highest BCUT2D eigenvalue weighted by molar-refractivity contribution is 5.89. The fourth-order valence-electron chi connectivity index (χ4n) is 2.36. The maximum atomic E-state index is 14.3. The molecule has 0 atom stereocenters. The van der Waals surface area contributed by atoms with Crippen LogP contribution in [-0.4, -0.2) is 30.4 Å². The number of halogens is 4. The molecule has 0 unspecified atom stereocenters. The van der Waals surface area contributed by atoms with E-state index in [9.17, 15) is 22.4 Å². The Morgan fingerprint density at radius 1 is 1.29 bits per heavy atom. The zero-order chi connectivity index (χ0) is 17.7. The van der Waals surface area contributed by atoms with Crippen molar-refractivity contribution in [3.05, 3.63) is 35.4 Å². The number of rotatable bonds is 5.